The van der Waals surface area contributed by atoms with Gasteiger partial charge in [-0.2, -0.15) is 0 Å². The molecule has 0 aliphatic rings. The van der Waals surface area contributed by atoms with Crippen molar-refractivity contribution >= 4 is 11.8 Å². The second-order valence-corrected chi connectivity index (χ2v) is 5.45. The van der Waals surface area contributed by atoms with Crippen LogP contribution in [0.1, 0.15) is 37.0 Å². The number of benzene rings is 1. The van der Waals surface area contributed by atoms with Crippen LogP contribution in [-0.4, -0.2) is 36.6 Å². The molecule has 0 unspecified atom stereocenters. The lowest BCUT2D eigenvalue weighted by Gasteiger charge is -2.29. The summed E-state index contributed by atoms with van der Waals surface area (Å²) in [6.45, 7) is 3.75. The smallest absolute Gasteiger partial charge is 0.254 e. The summed E-state index contributed by atoms with van der Waals surface area (Å²) in [6.07, 6.45) is 1.40. The average Bonchev–Trinajstić information content (AvgIpc) is 2.54. The van der Waals surface area contributed by atoms with Crippen molar-refractivity contribution in [3.8, 4) is 0 Å². The molecule has 1 aromatic carbocycles. The Kier molecular flexibility index (Phi) is 7.09. The van der Waals surface area contributed by atoms with Gasteiger partial charge in [-0.3, -0.25) is 9.59 Å². The Morgan fingerprint density at radius 2 is 1.83 bits per heavy atom. The van der Waals surface area contributed by atoms with Gasteiger partial charge in [0.05, 0.1) is 18.7 Å². The quantitative estimate of drug-likeness (QED) is 0.678. The maximum atomic E-state index is 13.4. The summed E-state index contributed by atoms with van der Waals surface area (Å²) >= 11 is 0. The molecule has 0 saturated heterocycles. The van der Waals surface area contributed by atoms with Crippen molar-refractivity contribution in [3.05, 3.63) is 35.4 Å². The first-order valence-corrected chi connectivity index (χ1v) is 7.48. The van der Waals surface area contributed by atoms with Crippen molar-refractivity contribution in [1.29, 1.82) is 0 Å². The molecule has 5 nitrogen and oxygen atoms in total. The predicted molar refractivity (Wildman–Crippen MR) is 81.8 cm³/mol. The molecule has 1 aromatic rings. The Balaban J connectivity index is 2.51. The zero-order valence-electron chi connectivity index (χ0n) is 13.3. The summed E-state index contributed by atoms with van der Waals surface area (Å²) in [7, 11) is 0. The highest BCUT2D eigenvalue weighted by Gasteiger charge is 2.25. The Bertz CT molecular complexity index is 552. The lowest BCUT2D eigenvalue weighted by Crippen LogP contribution is -2.43. The molecule has 2 amide bonds. The van der Waals surface area contributed by atoms with Crippen LogP contribution in [0.2, 0.25) is 0 Å². The van der Waals surface area contributed by atoms with Crippen LogP contribution in [0.4, 0.5) is 8.78 Å². The number of rotatable bonds is 8. The normalized spacial score (nSPS) is 11.2. The minimum Gasteiger partial charge on any atom is -0.396 e. The van der Waals surface area contributed by atoms with Crippen molar-refractivity contribution in [1.82, 2.24) is 10.6 Å². The molecule has 0 spiro atoms. The first kappa shape index (κ1) is 19.0. The maximum absolute atomic E-state index is 13.4. The van der Waals surface area contributed by atoms with Gasteiger partial charge in [-0.15, -0.1) is 0 Å². The van der Waals surface area contributed by atoms with E-state index < -0.39 is 23.4 Å². The van der Waals surface area contributed by atoms with Crippen LogP contribution >= 0.6 is 0 Å². The molecule has 23 heavy (non-hydrogen) atoms. The van der Waals surface area contributed by atoms with Crippen molar-refractivity contribution in [2.45, 2.75) is 26.7 Å². The third-order valence-corrected chi connectivity index (χ3v) is 4.08. The van der Waals surface area contributed by atoms with Crippen LogP contribution in [0.3, 0.4) is 0 Å². The van der Waals surface area contributed by atoms with Crippen LogP contribution in [0.15, 0.2) is 18.2 Å². The number of amides is 2. The molecular formula is C16H22F2N2O3. The number of hydrogen-bond acceptors (Lipinski definition) is 3. The molecule has 0 fully saturated rings. The van der Waals surface area contributed by atoms with Crippen LogP contribution in [-0.2, 0) is 4.79 Å². The van der Waals surface area contributed by atoms with Gasteiger partial charge in [-0.25, -0.2) is 8.78 Å². The highest BCUT2D eigenvalue weighted by atomic mass is 19.1. The lowest BCUT2D eigenvalue weighted by atomic mass is 9.83. The van der Waals surface area contributed by atoms with Gasteiger partial charge in [0.2, 0.25) is 5.91 Å². The number of carbonyl (C=O) groups is 2. The molecule has 0 aliphatic heterocycles. The summed E-state index contributed by atoms with van der Waals surface area (Å²) in [4.78, 5) is 23.5. The minimum absolute atomic E-state index is 0.0482. The monoisotopic (exact) mass is 328 g/mol. The van der Waals surface area contributed by atoms with Gasteiger partial charge in [0.25, 0.3) is 5.91 Å². The van der Waals surface area contributed by atoms with Gasteiger partial charge in [0, 0.05) is 18.0 Å². The van der Waals surface area contributed by atoms with Gasteiger partial charge in [-0.05, 0) is 25.0 Å². The van der Waals surface area contributed by atoms with E-state index in [9.17, 15) is 23.5 Å². The second kappa shape index (κ2) is 8.57. The van der Waals surface area contributed by atoms with E-state index in [1.165, 1.54) is 0 Å². The average molecular weight is 328 g/mol. The molecule has 0 heterocycles. The van der Waals surface area contributed by atoms with Crippen molar-refractivity contribution in [2.24, 2.45) is 5.41 Å². The van der Waals surface area contributed by atoms with Crippen molar-refractivity contribution in [3.63, 3.8) is 0 Å². The van der Waals surface area contributed by atoms with E-state index in [1.807, 2.05) is 13.8 Å². The number of carbonyl (C=O) groups excluding carboxylic acids is 2. The van der Waals surface area contributed by atoms with E-state index in [-0.39, 0.29) is 30.7 Å². The molecule has 0 saturated carbocycles. The summed E-state index contributed by atoms with van der Waals surface area (Å²) < 4.78 is 26.2. The van der Waals surface area contributed by atoms with E-state index in [0.717, 1.165) is 12.1 Å². The molecule has 7 heteroatoms. The van der Waals surface area contributed by atoms with Crippen molar-refractivity contribution in [2.75, 3.05) is 19.7 Å². The maximum Gasteiger partial charge on any atom is 0.254 e. The van der Waals surface area contributed by atoms with Gasteiger partial charge in [-0.1, -0.05) is 13.8 Å². The molecule has 0 aliphatic carbocycles. The molecule has 0 atom stereocenters. The number of aliphatic hydroxyl groups excluding tert-OH is 1. The summed E-state index contributed by atoms with van der Waals surface area (Å²) in [6, 6.07) is 2.59. The van der Waals surface area contributed by atoms with Gasteiger partial charge < -0.3 is 15.7 Å². The predicted octanol–water partition coefficient (Wildman–Crippen LogP) is 1.61. The molecule has 1 rings (SSSR count). The molecule has 0 aromatic heterocycles. The van der Waals surface area contributed by atoms with Crippen LogP contribution in [0.5, 0.6) is 0 Å². The highest BCUT2D eigenvalue weighted by molar-refractivity contribution is 5.96. The zero-order chi connectivity index (χ0) is 17.5. The Morgan fingerprint density at radius 1 is 1.17 bits per heavy atom. The number of halogens is 2. The second-order valence-electron chi connectivity index (χ2n) is 5.45. The number of hydrogen-bond donors (Lipinski definition) is 3. The van der Waals surface area contributed by atoms with Crippen LogP contribution < -0.4 is 10.6 Å². The molecule has 128 valence electrons. The molecule has 0 bridgehead atoms. The lowest BCUT2D eigenvalue weighted by molar-refractivity contribution is -0.120. The zero-order valence-corrected chi connectivity index (χ0v) is 13.3. The third-order valence-electron chi connectivity index (χ3n) is 4.08. The van der Waals surface area contributed by atoms with Gasteiger partial charge in [0.1, 0.15) is 11.6 Å². The molecule has 3 N–H and O–H groups in total. The number of aliphatic hydroxyl groups is 1. The number of nitrogens with one attached hydrogen (secondary N) is 2. The van der Waals surface area contributed by atoms with Crippen LogP contribution in [0.25, 0.3) is 0 Å². The Labute approximate surface area is 134 Å². The van der Waals surface area contributed by atoms with Crippen LogP contribution in [0, 0.1) is 17.0 Å². The van der Waals surface area contributed by atoms with E-state index >= 15 is 0 Å². The fourth-order valence-electron chi connectivity index (χ4n) is 2.06. The SMILES string of the molecule is CCC(CC)(CO)CNC(=O)CNC(=O)c1ccc(F)cc1F. The summed E-state index contributed by atoms with van der Waals surface area (Å²) in [5.41, 5.74) is -0.714. The van der Waals surface area contributed by atoms with E-state index in [4.69, 9.17) is 0 Å². The largest absolute Gasteiger partial charge is 0.396 e. The third kappa shape index (κ3) is 5.28. The van der Waals surface area contributed by atoms with E-state index in [0.29, 0.717) is 18.9 Å². The van der Waals surface area contributed by atoms with E-state index in [1.54, 1.807) is 0 Å². The first-order valence-electron chi connectivity index (χ1n) is 7.48. The first-order chi connectivity index (χ1) is 10.9. The van der Waals surface area contributed by atoms with Gasteiger partial charge in [0.15, 0.2) is 0 Å². The van der Waals surface area contributed by atoms with E-state index in [2.05, 4.69) is 10.6 Å². The standard InChI is InChI=1S/C16H22F2N2O3/c1-3-16(4-2,10-21)9-20-14(22)8-19-15(23)12-6-5-11(17)7-13(12)18/h5-7,21H,3-4,8-10H2,1-2H3,(H,19,23)(H,20,22). The van der Waals surface area contributed by atoms with Gasteiger partial charge >= 0.3 is 0 Å². The Hall–Kier alpha value is -2.02. The fraction of sp³-hybridized carbons (Fsp3) is 0.500. The molecule has 0 radical (unpaired) electrons. The molecular weight excluding hydrogens is 306 g/mol. The van der Waals surface area contributed by atoms with Crippen molar-refractivity contribution < 1.29 is 23.5 Å². The Morgan fingerprint density at radius 3 is 2.35 bits per heavy atom. The minimum atomic E-state index is -0.987. The fourth-order valence-corrected chi connectivity index (χ4v) is 2.06. The summed E-state index contributed by atoms with van der Waals surface area (Å²) in [5.74, 6) is -3.01. The summed E-state index contributed by atoms with van der Waals surface area (Å²) in [5, 5.41) is 14.3. The topological polar surface area (TPSA) is 78.4 Å². The highest BCUT2D eigenvalue weighted by Crippen LogP contribution is 2.24.